The highest BCUT2D eigenvalue weighted by Gasteiger charge is 2.46. The van der Waals surface area contributed by atoms with Gasteiger partial charge >= 0.3 is 27.4 Å². The topological polar surface area (TPSA) is 131 Å². The standard InChI is InChI=1S/C12H12F3N3O6S/c1-2-24-11(21)10(20)17-16-9(19)7-4-3-5-8(6-7)18-25(22,23)12(13,14)15/h3-6,18H,2H2,1H3,(H,16,19)(H,17,20). The lowest BCUT2D eigenvalue weighted by molar-refractivity contribution is -0.154. The second-order valence-electron chi connectivity index (χ2n) is 4.26. The first-order valence-corrected chi connectivity index (χ1v) is 7.93. The quantitative estimate of drug-likeness (QED) is 0.389. The van der Waals surface area contributed by atoms with Gasteiger partial charge in [0.1, 0.15) is 0 Å². The van der Waals surface area contributed by atoms with Crippen LogP contribution in [0.2, 0.25) is 0 Å². The van der Waals surface area contributed by atoms with Gasteiger partial charge in [-0.15, -0.1) is 0 Å². The summed E-state index contributed by atoms with van der Waals surface area (Å²) in [7, 11) is -5.65. The van der Waals surface area contributed by atoms with E-state index in [1.807, 2.05) is 5.43 Å². The van der Waals surface area contributed by atoms with Crippen LogP contribution < -0.4 is 15.6 Å². The first-order chi connectivity index (χ1) is 11.5. The molecule has 0 radical (unpaired) electrons. The molecule has 2 amide bonds. The molecule has 0 spiro atoms. The third-order valence-corrected chi connectivity index (χ3v) is 3.55. The number of ether oxygens (including phenoxy) is 1. The number of sulfonamides is 1. The molecule has 0 heterocycles. The molecular weight excluding hydrogens is 371 g/mol. The maximum Gasteiger partial charge on any atom is 0.516 e. The van der Waals surface area contributed by atoms with Crippen molar-refractivity contribution in [1.29, 1.82) is 0 Å². The van der Waals surface area contributed by atoms with Gasteiger partial charge in [0, 0.05) is 11.3 Å². The van der Waals surface area contributed by atoms with Gasteiger partial charge in [-0.2, -0.15) is 21.6 Å². The molecule has 1 rings (SSSR count). The summed E-state index contributed by atoms with van der Waals surface area (Å²) < 4.78 is 64.6. The SMILES string of the molecule is CCOC(=O)C(=O)NNC(=O)c1cccc(NS(=O)(=O)C(F)(F)F)c1. The lowest BCUT2D eigenvalue weighted by Crippen LogP contribution is -2.45. The van der Waals surface area contributed by atoms with Crippen LogP contribution in [0.3, 0.4) is 0 Å². The number of esters is 1. The second kappa shape index (κ2) is 7.83. The van der Waals surface area contributed by atoms with E-state index in [1.54, 1.807) is 5.43 Å². The Balaban J connectivity index is 2.79. The van der Waals surface area contributed by atoms with Gasteiger partial charge < -0.3 is 4.74 Å². The fourth-order valence-corrected chi connectivity index (χ4v) is 1.92. The molecule has 0 saturated carbocycles. The minimum absolute atomic E-state index is 0.0679. The van der Waals surface area contributed by atoms with Gasteiger partial charge in [-0.1, -0.05) is 6.07 Å². The minimum atomic E-state index is -5.65. The number of hydrogen-bond acceptors (Lipinski definition) is 6. The van der Waals surface area contributed by atoms with E-state index in [1.165, 1.54) is 11.6 Å². The molecule has 1 aromatic carbocycles. The fraction of sp³-hybridized carbons (Fsp3) is 0.250. The van der Waals surface area contributed by atoms with E-state index in [0.29, 0.717) is 0 Å². The number of hydrazine groups is 1. The zero-order valence-corrected chi connectivity index (χ0v) is 13.3. The number of carbonyl (C=O) groups is 3. The summed E-state index contributed by atoms with van der Waals surface area (Å²) >= 11 is 0. The molecule has 0 aliphatic heterocycles. The number of alkyl halides is 3. The molecule has 0 aliphatic rings. The summed E-state index contributed by atoms with van der Waals surface area (Å²) in [6, 6.07) is 4.03. The lowest BCUT2D eigenvalue weighted by Gasteiger charge is -2.11. The maximum atomic E-state index is 12.3. The Morgan fingerprint density at radius 1 is 1.16 bits per heavy atom. The Labute approximate surface area is 139 Å². The zero-order chi connectivity index (χ0) is 19.3. The van der Waals surface area contributed by atoms with Gasteiger partial charge in [-0.25, -0.2) is 4.79 Å². The van der Waals surface area contributed by atoms with Crippen LogP contribution in [-0.2, 0) is 24.3 Å². The maximum absolute atomic E-state index is 12.3. The third kappa shape index (κ3) is 5.63. The molecule has 0 atom stereocenters. The average Bonchev–Trinajstić information content (AvgIpc) is 2.51. The molecular formula is C12H12F3N3O6S. The summed E-state index contributed by atoms with van der Waals surface area (Å²) in [6.07, 6.45) is 0. The number of halogens is 3. The zero-order valence-electron chi connectivity index (χ0n) is 12.5. The van der Waals surface area contributed by atoms with Crippen molar-refractivity contribution in [2.75, 3.05) is 11.3 Å². The molecule has 3 N–H and O–H groups in total. The first-order valence-electron chi connectivity index (χ1n) is 6.44. The van der Waals surface area contributed by atoms with Crippen molar-refractivity contribution in [3.8, 4) is 0 Å². The predicted molar refractivity (Wildman–Crippen MR) is 77.3 cm³/mol. The fourth-order valence-electron chi connectivity index (χ4n) is 1.37. The van der Waals surface area contributed by atoms with Crippen molar-refractivity contribution in [3.05, 3.63) is 29.8 Å². The van der Waals surface area contributed by atoms with Crippen LogP contribution in [0.25, 0.3) is 0 Å². The Kier molecular flexibility index (Phi) is 6.33. The van der Waals surface area contributed by atoms with E-state index >= 15 is 0 Å². The summed E-state index contributed by atoms with van der Waals surface area (Å²) in [5.74, 6) is -3.54. The van der Waals surface area contributed by atoms with Gasteiger partial charge in [0.25, 0.3) is 5.91 Å². The number of carbonyl (C=O) groups excluding carboxylic acids is 3. The van der Waals surface area contributed by atoms with Crippen molar-refractivity contribution in [3.63, 3.8) is 0 Å². The van der Waals surface area contributed by atoms with E-state index in [4.69, 9.17) is 0 Å². The van der Waals surface area contributed by atoms with Gasteiger partial charge in [-0.05, 0) is 25.1 Å². The van der Waals surface area contributed by atoms with Crippen molar-refractivity contribution in [2.45, 2.75) is 12.4 Å². The van der Waals surface area contributed by atoms with E-state index in [2.05, 4.69) is 4.74 Å². The minimum Gasteiger partial charge on any atom is -0.459 e. The van der Waals surface area contributed by atoms with Crippen LogP contribution in [0.1, 0.15) is 17.3 Å². The Bertz CT molecular complexity index is 779. The van der Waals surface area contributed by atoms with Crippen molar-refractivity contribution in [2.24, 2.45) is 0 Å². The predicted octanol–water partition coefficient (Wildman–Crippen LogP) is 0.272. The van der Waals surface area contributed by atoms with E-state index in [9.17, 15) is 36.0 Å². The van der Waals surface area contributed by atoms with Crippen LogP contribution in [0.15, 0.2) is 24.3 Å². The Morgan fingerprint density at radius 2 is 1.80 bits per heavy atom. The number of rotatable bonds is 4. The normalized spacial score (nSPS) is 11.4. The third-order valence-electron chi connectivity index (χ3n) is 2.43. The van der Waals surface area contributed by atoms with E-state index < -0.39 is 39.0 Å². The molecule has 0 saturated heterocycles. The van der Waals surface area contributed by atoms with Crippen molar-refractivity contribution >= 4 is 33.5 Å². The van der Waals surface area contributed by atoms with Gasteiger partial charge in [-0.3, -0.25) is 25.2 Å². The highest BCUT2D eigenvalue weighted by molar-refractivity contribution is 7.93. The monoisotopic (exact) mass is 383 g/mol. The summed E-state index contributed by atoms with van der Waals surface area (Å²) in [4.78, 5) is 34.0. The summed E-state index contributed by atoms with van der Waals surface area (Å²) in [5.41, 5.74) is -2.80. The number of benzene rings is 1. The highest BCUT2D eigenvalue weighted by Crippen LogP contribution is 2.25. The molecule has 0 fully saturated rings. The van der Waals surface area contributed by atoms with E-state index in [-0.39, 0.29) is 12.2 Å². The Hall–Kier alpha value is -2.83. The van der Waals surface area contributed by atoms with Gasteiger partial charge in [0.05, 0.1) is 6.61 Å². The Morgan fingerprint density at radius 3 is 2.36 bits per heavy atom. The van der Waals surface area contributed by atoms with Crippen LogP contribution in [0, 0.1) is 0 Å². The van der Waals surface area contributed by atoms with Gasteiger partial charge in [0.2, 0.25) is 0 Å². The number of hydrogen-bond donors (Lipinski definition) is 3. The van der Waals surface area contributed by atoms with Gasteiger partial charge in [0.15, 0.2) is 0 Å². The molecule has 1 aromatic rings. The molecule has 25 heavy (non-hydrogen) atoms. The molecule has 9 nitrogen and oxygen atoms in total. The number of anilines is 1. The molecule has 138 valence electrons. The smallest absolute Gasteiger partial charge is 0.459 e. The average molecular weight is 383 g/mol. The van der Waals surface area contributed by atoms with Crippen molar-refractivity contribution in [1.82, 2.24) is 10.9 Å². The van der Waals surface area contributed by atoms with Crippen LogP contribution in [0.4, 0.5) is 18.9 Å². The second-order valence-corrected chi connectivity index (χ2v) is 5.93. The van der Waals surface area contributed by atoms with Crippen LogP contribution in [-0.4, -0.2) is 38.3 Å². The van der Waals surface area contributed by atoms with E-state index in [0.717, 1.165) is 24.3 Å². The van der Waals surface area contributed by atoms with Crippen molar-refractivity contribution < 1.29 is 40.7 Å². The molecule has 0 bridgehead atoms. The molecule has 0 unspecified atom stereocenters. The van der Waals surface area contributed by atoms with Crippen LogP contribution >= 0.6 is 0 Å². The van der Waals surface area contributed by atoms with Crippen LogP contribution in [0.5, 0.6) is 0 Å². The number of nitrogens with one attached hydrogen (secondary N) is 3. The highest BCUT2D eigenvalue weighted by atomic mass is 32.2. The summed E-state index contributed by atoms with van der Waals surface area (Å²) in [5, 5.41) is 0. The first kappa shape index (κ1) is 20.2. The lowest BCUT2D eigenvalue weighted by atomic mass is 10.2. The largest absolute Gasteiger partial charge is 0.516 e. The molecule has 13 heteroatoms. The summed E-state index contributed by atoms with van der Waals surface area (Å²) in [6.45, 7) is 1.39. The number of amides is 2. The molecule has 0 aromatic heterocycles. The molecule has 0 aliphatic carbocycles.